The van der Waals surface area contributed by atoms with E-state index >= 15 is 0 Å². The highest BCUT2D eigenvalue weighted by atomic mass is 16.6. The number of rotatable bonds is 7. The molecule has 1 amide bonds. The maximum Gasteiger partial charge on any atom is 0.278 e. The van der Waals surface area contributed by atoms with E-state index in [4.69, 9.17) is 14.0 Å². The average Bonchev–Trinajstić information content (AvgIpc) is 3.08. The zero-order valence-electron chi connectivity index (χ0n) is 17.0. The molecule has 156 valence electrons. The third kappa shape index (κ3) is 4.40. The van der Waals surface area contributed by atoms with Crippen molar-refractivity contribution in [2.24, 2.45) is 0 Å². The third-order valence-electron chi connectivity index (χ3n) is 4.55. The Kier molecular flexibility index (Phi) is 6.01. The molecular formula is C21H21N3O6. The monoisotopic (exact) mass is 411 g/mol. The molecule has 0 fully saturated rings. The molecule has 0 aliphatic carbocycles. The van der Waals surface area contributed by atoms with Crippen LogP contribution in [0.3, 0.4) is 0 Å². The lowest BCUT2D eigenvalue weighted by molar-refractivity contribution is -0.384. The number of non-ortho nitro benzene ring substituents is 1. The maximum atomic E-state index is 12.8. The number of nitrogens with one attached hydrogen (secondary N) is 1. The summed E-state index contributed by atoms with van der Waals surface area (Å²) < 4.78 is 16.2. The van der Waals surface area contributed by atoms with E-state index in [9.17, 15) is 14.9 Å². The lowest BCUT2D eigenvalue weighted by Crippen LogP contribution is -2.16. The van der Waals surface area contributed by atoms with Gasteiger partial charge < -0.3 is 19.3 Å². The molecule has 1 heterocycles. The van der Waals surface area contributed by atoms with Crippen molar-refractivity contribution in [3.63, 3.8) is 0 Å². The molecule has 9 heteroatoms. The molecule has 0 bridgehead atoms. The summed E-state index contributed by atoms with van der Waals surface area (Å²) in [6, 6.07) is 9.72. The van der Waals surface area contributed by atoms with E-state index in [1.807, 2.05) is 32.0 Å². The number of methoxy groups -OCH3 is 1. The van der Waals surface area contributed by atoms with Crippen LogP contribution in [-0.2, 0) is 6.61 Å². The topological polar surface area (TPSA) is 117 Å². The minimum absolute atomic E-state index is 0.0673. The Morgan fingerprint density at radius 2 is 1.93 bits per heavy atom. The number of anilines is 1. The second-order valence-corrected chi connectivity index (χ2v) is 6.72. The Balaban J connectivity index is 1.80. The van der Waals surface area contributed by atoms with Crippen LogP contribution in [0.5, 0.6) is 11.5 Å². The summed E-state index contributed by atoms with van der Waals surface area (Å²) in [5, 5.41) is 17.4. The van der Waals surface area contributed by atoms with E-state index in [0.29, 0.717) is 17.1 Å². The molecule has 30 heavy (non-hydrogen) atoms. The maximum absolute atomic E-state index is 12.8. The lowest BCUT2D eigenvalue weighted by Gasteiger charge is -2.11. The molecule has 3 aromatic rings. The van der Waals surface area contributed by atoms with Crippen LogP contribution in [0.4, 0.5) is 11.4 Å². The predicted octanol–water partition coefficient (Wildman–Crippen LogP) is 4.35. The summed E-state index contributed by atoms with van der Waals surface area (Å²) in [5.74, 6) is 0.772. The van der Waals surface area contributed by atoms with E-state index in [1.165, 1.54) is 25.3 Å². The van der Waals surface area contributed by atoms with Crippen molar-refractivity contribution in [3.05, 3.63) is 74.7 Å². The normalized spacial score (nSPS) is 10.5. The van der Waals surface area contributed by atoms with Crippen LogP contribution in [0.25, 0.3) is 0 Å². The molecule has 2 aromatic carbocycles. The van der Waals surface area contributed by atoms with Gasteiger partial charge in [-0.1, -0.05) is 22.9 Å². The summed E-state index contributed by atoms with van der Waals surface area (Å²) in [5.41, 5.74) is 2.80. The Morgan fingerprint density at radius 1 is 1.17 bits per heavy atom. The van der Waals surface area contributed by atoms with Crippen LogP contribution in [0.15, 0.2) is 40.9 Å². The number of amides is 1. The van der Waals surface area contributed by atoms with E-state index in [-0.39, 0.29) is 29.4 Å². The van der Waals surface area contributed by atoms with E-state index in [0.717, 1.165) is 11.1 Å². The fourth-order valence-corrected chi connectivity index (χ4v) is 2.93. The number of aryl methyl sites for hydroxylation is 3. The van der Waals surface area contributed by atoms with Crippen molar-refractivity contribution in [1.29, 1.82) is 0 Å². The number of carbonyl (C=O) groups is 1. The Hall–Kier alpha value is -3.88. The van der Waals surface area contributed by atoms with Gasteiger partial charge in [0.05, 0.1) is 29.4 Å². The number of ether oxygens (including phenoxy) is 2. The number of hydrogen-bond donors (Lipinski definition) is 1. The lowest BCUT2D eigenvalue weighted by atomic mass is 10.1. The highest BCUT2D eigenvalue weighted by Crippen LogP contribution is 2.30. The number of benzene rings is 2. The standard InChI is InChI=1S/C21H21N3O6/c1-12-5-8-18(13(2)9-12)29-11-16-14(3)30-23-20(16)21(25)22-17-7-6-15(24(26)27)10-19(17)28-4/h5-10H,11H2,1-4H3,(H,22,25). The smallest absolute Gasteiger partial charge is 0.278 e. The summed E-state index contributed by atoms with van der Waals surface area (Å²) in [6.07, 6.45) is 0. The van der Waals surface area contributed by atoms with Gasteiger partial charge in [0.25, 0.3) is 11.6 Å². The predicted molar refractivity (Wildman–Crippen MR) is 109 cm³/mol. The van der Waals surface area contributed by atoms with Gasteiger partial charge in [-0.15, -0.1) is 0 Å². The molecular weight excluding hydrogens is 390 g/mol. The van der Waals surface area contributed by atoms with Gasteiger partial charge in [0.2, 0.25) is 0 Å². The number of nitro groups is 1. The number of nitrogens with zero attached hydrogens (tertiary/aromatic N) is 2. The molecule has 9 nitrogen and oxygen atoms in total. The molecule has 1 N–H and O–H groups in total. The molecule has 0 atom stereocenters. The summed E-state index contributed by atoms with van der Waals surface area (Å²) in [6.45, 7) is 5.73. The molecule has 3 rings (SSSR count). The Bertz CT molecular complexity index is 1110. The van der Waals surface area contributed by atoms with Crippen LogP contribution in [-0.4, -0.2) is 23.1 Å². The van der Waals surface area contributed by atoms with Crippen molar-refractivity contribution >= 4 is 17.3 Å². The third-order valence-corrected chi connectivity index (χ3v) is 4.55. The molecule has 0 spiro atoms. The highest BCUT2D eigenvalue weighted by Gasteiger charge is 2.22. The fraction of sp³-hybridized carbons (Fsp3) is 0.238. The van der Waals surface area contributed by atoms with Gasteiger partial charge in [-0.2, -0.15) is 0 Å². The molecule has 0 saturated heterocycles. The van der Waals surface area contributed by atoms with Crippen LogP contribution in [0.2, 0.25) is 0 Å². The van der Waals surface area contributed by atoms with Gasteiger partial charge in [0.1, 0.15) is 23.9 Å². The van der Waals surface area contributed by atoms with Crippen molar-refractivity contribution < 1.29 is 23.7 Å². The number of aromatic nitrogens is 1. The van der Waals surface area contributed by atoms with Crippen molar-refractivity contribution in [2.75, 3.05) is 12.4 Å². The summed E-state index contributed by atoms with van der Waals surface area (Å²) >= 11 is 0. The first-order valence-corrected chi connectivity index (χ1v) is 9.09. The second kappa shape index (κ2) is 8.64. The zero-order valence-corrected chi connectivity index (χ0v) is 17.0. The van der Waals surface area contributed by atoms with Crippen LogP contribution < -0.4 is 14.8 Å². The minimum atomic E-state index is -0.544. The molecule has 0 saturated carbocycles. The number of nitro benzene ring substituents is 1. The first-order valence-electron chi connectivity index (χ1n) is 9.09. The SMILES string of the molecule is COc1cc([N+](=O)[O-])ccc1NC(=O)c1noc(C)c1COc1ccc(C)cc1C. The van der Waals surface area contributed by atoms with Gasteiger partial charge in [0.15, 0.2) is 5.69 Å². The van der Waals surface area contributed by atoms with Crippen molar-refractivity contribution in [2.45, 2.75) is 27.4 Å². The van der Waals surface area contributed by atoms with E-state index in [2.05, 4.69) is 10.5 Å². The molecule has 0 radical (unpaired) electrons. The first kappa shape index (κ1) is 20.8. The van der Waals surface area contributed by atoms with Gasteiger partial charge in [-0.05, 0) is 38.5 Å². The quantitative estimate of drug-likeness (QED) is 0.454. The zero-order chi connectivity index (χ0) is 21.8. The number of hydrogen-bond acceptors (Lipinski definition) is 7. The average molecular weight is 411 g/mol. The molecule has 1 aromatic heterocycles. The molecule has 0 aliphatic rings. The van der Waals surface area contributed by atoms with Crippen LogP contribution in [0, 0.1) is 30.9 Å². The van der Waals surface area contributed by atoms with Gasteiger partial charge in [-0.25, -0.2) is 0 Å². The highest BCUT2D eigenvalue weighted by molar-refractivity contribution is 6.04. The van der Waals surface area contributed by atoms with Gasteiger partial charge in [0, 0.05) is 6.07 Å². The molecule has 0 aliphatic heterocycles. The summed E-state index contributed by atoms with van der Waals surface area (Å²) in [7, 11) is 1.36. The summed E-state index contributed by atoms with van der Waals surface area (Å²) in [4.78, 5) is 23.2. The van der Waals surface area contributed by atoms with Gasteiger partial charge >= 0.3 is 0 Å². The van der Waals surface area contributed by atoms with Gasteiger partial charge in [-0.3, -0.25) is 14.9 Å². The van der Waals surface area contributed by atoms with Crippen LogP contribution >= 0.6 is 0 Å². The van der Waals surface area contributed by atoms with Crippen LogP contribution in [0.1, 0.15) is 32.9 Å². The second-order valence-electron chi connectivity index (χ2n) is 6.72. The Labute approximate surface area is 172 Å². The van der Waals surface area contributed by atoms with E-state index < -0.39 is 10.8 Å². The van der Waals surface area contributed by atoms with Crippen molar-refractivity contribution in [3.8, 4) is 11.5 Å². The molecule has 0 unspecified atom stereocenters. The van der Waals surface area contributed by atoms with E-state index in [1.54, 1.807) is 6.92 Å². The fourth-order valence-electron chi connectivity index (χ4n) is 2.93. The largest absolute Gasteiger partial charge is 0.494 e. The Morgan fingerprint density at radius 3 is 2.60 bits per heavy atom. The first-order chi connectivity index (χ1) is 14.3. The van der Waals surface area contributed by atoms with Crippen molar-refractivity contribution in [1.82, 2.24) is 5.16 Å². The number of carbonyl (C=O) groups excluding carboxylic acids is 1. The minimum Gasteiger partial charge on any atom is -0.494 e.